The molecule has 0 radical (unpaired) electrons. The van der Waals surface area contributed by atoms with Crippen LogP contribution in [0.4, 0.5) is 5.95 Å². The van der Waals surface area contributed by atoms with Gasteiger partial charge in [0.15, 0.2) is 0 Å². The van der Waals surface area contributed by atoms with Gasteiger partial charge in [-0.15, -0.1) is 0 Å². The molecule has 5 nitrogen and oxygen atoms in total. The molecule has 1 aliphatic carbocycles. The summed E-state index contributed by atoms with van der Waals surface area (Å²) in [5.74, 6) is 1.12. The first-order chi connectivity index (χ1) is 8.61. The van der Waals surface area contributed by atoms with E-state index in [1.54, 1.807) is 0 Å². The van der Waals surface area contributed by atoms with Gasteiger partial charge in [0.05, 0.1) is 12.2 Å². The summed E-state index contributed by atoms with van der Waals surface area (Å²) in [6, 6.07) is 1.82. The highest BCUT2D eigenvalue weighted by molar-refractivity contribution is 5.31. The molecule has 2 rings (SSSR count). The van der Waals surface area contributed by atoms with Gasteiger partial charge < -0.3 is 15.2 Å². The monoisotopic (exact) mass is 251 g/mol. The number of ether oxygens (including phenoxy) is 1. The Morgan fingerprint density at radius 2 is 2.22 bits per heavy atom. The molecule has 0 amide bonds. The normalized spacial score (nSPS) is 17.1. The molecule has 18 heavy (non-hydrogen) atoms. The lowest BCUT2D eigenvalue weighted by Gasteiger charge is -2.36. The largest absolute Gasteiger partial charge is 0.478 e. The summed E-state index contributed by atoms with van der Waals surface area (Å²) in [7, 11) is 0. The van der Waals surface area contributed by atoms with Crippen LogP contribution in [0.5, 0.6) is 5.88 Å². The molecule has 5 heteroatoms. The molecule has 0 bridgehead atoms. The number of aryl methyl sites for hydroxylation is 1. The first-order valence-electron chi connectivity index (χ1n) is 6.56. The van der Waals surface area contributed by atoms with Crippen LogP contribution in [0.3, 0.4) is 0 Å². The molecule has 1 aliphatic rings. The smallest absolute Gasteiger partial charge is 0.226 e. The van der Waals surface area contributed by atoms with Crippen molar-refractivity contribution < 1.29 is 9.84 Å². The van der Waals surface area contributed by atoms with Gasteiger partial charge in [0.2, 0.25) is 11.8 Å². The number of rotatable bonds is 6. The number of aliphatic hydroxyl groups is 1. The number of nitrogens with zero attached hydrogens (tertiary/aromatic N) is 2. The Morgan fingerprint density at radius 1 is 1.44 bits per heavy atom. The standard InChI is InChI=1S/C13H21N3O2/c1-3-7-18-11-8-10(2)15-12(16-11)14-9-13(17)5-4-6-13/h8,17H,3-7,9H2,1-2H3,(H,14,15,16). The Bertz CT molecular complexity index is 405. The number of hydrogen-bond acceptors (Lipinski definition) is 5. The van der Waals surface area contributed by atoms with E-state index in [1.165, 1.54) is 0 Å². The molecule has 0 aliphatic heterocycles. The van der Waals surface area contributed by atoms with Gasteiger partial charge in [-0.1, -0.05) is 6.92 Å². The first-order valence-corrected chi connectivity index (χ1v) is 6.56. The molecule has 0 saturated heterocycles. The van der Waals surface area contributed by atoms with Gasteiger partial charge in [0.25, 0.3) is 0 Å². The van der Waals surface area contributed by atoms with E-state index < -0.39 is 5.60 Å². The third-order valence-electron chi connectivity index (χ3n) is 3.14. The van der Waals surface area contributed by atoms with E-state index in [9.17, 15) is 5.11 Å². The van der Waals surface area contributed by atoms with E-state index in [1.807, 2.05) is 13.0 Å². The van der Waals surface area contributed by atoms with Crippen LogP contribution >= 0.6 is 0 Å². The zero-order valence-corrected chi connectivity index (χ0v) is 11.1. The molecule has 0 spiro atoms. The molecule has 0 aromatic carbocycles. The fourth-order valence-electron chi connectivity index (χ4n) is 1.90. The Morgan fingerprint density at radius 3 is 2.83 bits per heavy atom. The maximum absolute atomic E-state index is 10.0. The van der Waals surface area contributed by atoms with Crippen molar-refractivity contribution in [2.45, 2.75) is 45.1 Å². The van der Waals surface area contributed by atoms with Gasteiger partial charge in [-0.25, -0.2) is 4.98 Å². The van der Waals surface area contributed by atoms with Crippen molar-refractivity contribution in [3.63, 3.8) is 0 Å². The minimum Gasteiger partial charge on any atom is -0.478 e. The summed E-state index contributed by atoms with van der Waals surface area (Å²) < 4.78 is 5.50. The van der Waals surface area contributed by atoms with E-state index in [4.69, 9.17) is 4.74 Å². The summed E-state index contributed by atoms with van der Waals surface area (Å²) in [6.07, 6.45) is 3.75. The fourth-order valence-corrected chi connectivity index (χ4v) is 1.90. The summed E-state index contributed by atoms with van der Waals surface area (Å²) >= 11 is 0. The molecule has 0 atom stereocenters. The molecule has 1 fully saturated rings. The van der Waals surface area contributed by atoms with E-state index in [-0.39, 0.29) is 0 Å². The predicted molar refractivity (Wildman–Crippen MR) is 69.8 cm³/mol. The van der Waals surface area contributed by atoms with Crippen molar-refractivity contribution >= 4 is 5.95 Å². The van der Waals surface area contributed by atoms with E-state index in [0.29, 0.717) is 25.0 Å². The Labute approximate surface area is 108 Å². The molecule has 1 aromatic rings. The quantitative estimate of drug-likeness (QED) is 0.808. The zero-order valence-electron chi connectivity index (χ0n) is 11.1. The summed E-state index contributed by atoms with van der Waals surface area (Å²) in [6.45, 7) is 5.12. The number of hydrogen-bond donors (Lipinski definition) is 2. The second-order valence-corrected chi connectivity index (χ2v) is 4.95. The summed E-state index contributed by atoms with van der Waals surface area (Å²) in [5, 5.41) is 13.1. The van der Waals surface area contributed by atoms with Gasteiger partial charge in [-0.3, -0.25) is 0 Å². The highest BCUT2D eigenvalue weighted by Crippen LogP contribution is 2.31. The minimum absolute atomic E-state index is 0.504. The van der Waals surface area contributed by atoms with E-state index >= 15 is 0 Å². The molecule has 1 saturated carbocycles. The van der Waals surface area contributed by atoms with Crippen molar-refractivity contribution in [1.82, 2.24) is 9.97 Å². The van der Waals surface area contributed by atoms with Crippen LogP contribution in [0.15, 0.2) is 6.07 Å². The molecule has 1 aromatic heterocycles. The van der Waals surface area contributed by atoms with Crippen LogP contribution in [0.1, 0.15) is 38.3 Å². The van der Waals surface area contributed by atoms with Crippen molar-refractivity contribution in [3.8, 4) is 5.88 Å². The summed E-state index contributed by atoms with van der Waals surface area (Å²) in [4.78, 5) is 8.57. The SMILES string of the molecule is CCCOc1cc(C)nc(NCC2(O)CCC2)n1. The van der Waals surface area contributed by atoms with Gasteiger partial charge >= 0.3 is 0 Å². The average Bonchev–Trinajstić information content (AvgIpc) is 2.31. The Hall–Kier alpha value is -1.36. The number of anilines is 1. The molecule has 0 unspecified atom stereocenters. The van der Waals surface area contributed by atoms with Crippen LogP contribution in [-0.4, -0.2) is 33.8 Å². The maximum atomic E-state index is 10.0. The first kappa shape index (κ1) is 13.1. The van der Waals surface area contributed by atoms with Crippen LogP contribution < -0.4 is 10.1 Å². The molecule has 1 heterocycles. The lowest BCUT2D eigenvalue weighted by Crippen LogP contribution is -2.43. The summed E-state index contributed by atoms with van der Waals surface area (Å²) in [5.41, 5.74) is 0.288. The Kier molecular flexibility index (Phi) is 4.01. The van der Waals surface area contributed by atoms with Crippen LogP contribution in [0, 0.1) is 6.92 Å². The topological polar surface area (TPSA) is 67.3 Å². The van der Waals surface area contributed by atoms with Crippen LogP contribution in [0.25, 0.3) is 0 Å². The fraction of sp³-hybridized carbons (Fsp3) is 0.692. The molecule has 2 N–H and O–H groups in total. The third kappa shape index (κ3) is 3.32. The predicted octanol–water partition coefficient (Wildman–Crippen LogP) is 1.90. The average molecular weight is 251 g/mol. The highest BCUT2D eigenvalue weighted by Gasteiger charge is 2.34. The minimum atomic E-state index is -0.572. The van der Waals surface area contributed by atoms with Crippen molar-refractivity contribution in [1.29, 1.82) is 0 Å². The van der Waals surface area contributed by atoms with Gasteiger partial charge in [-0.05, 0) is 32.6 Å². The van der Waals surface area contributed by atoms with Gasteiger partial charge in [-0.2, -0.15) is 4.98 Å². The van der Waals surface area contributed by atoms with Crippen molar-refractivity contribution in [3.05, 3.63) is 11.8 Å². The molecular formula is C13H21N3O2. The molecule has 100 valence electrons. The van der Waals surface area contributed by atoms with E-state index in [2.05, 4.69) is 22.2 Å². The lowest BCUT2D eigenvalue weighted by molar-refractivity contribution is -0.0203. The van der Waals surface area contributed by atoms with Crippen molar-refractivity contribution in [2.75, 3.05) is 18.5 Å². The van der Waals surface area contributed by atoms with Gasteiger partial charge in [0.1, 0.15) is 0 Å². The number of nitrogens with one attached hydrogen (secondary N) is 1. The zero-order chi connectivity index (χ0) is 13.0. The Balaban J connectivity index is 1.96. The number of aromatic nitrogens is 2. The second-order valence-electron chi connectivity index (χ2n) is 4.95. The van der Waals surface area contributed by atoms with Gasteiger partial charge in [0, 0.05) is 18.3 Å². The highest BCUT2D eigenvalue weighted by atomic mass is 16.5. The lowest BCUT2D eigenvalue weighted by atomic mass is 9.80. The van der Waals surface area contributed by atoms with Crippen LogP contribution in [0.2, 0.25) is 0 Å². The third-order valence-corrected chi connectivity index (χ3v) is 3.14. The van der Waals surface area contributed by atoms with Crippen LogP contribution in [-0.2, 0) is 0 Å². The maximum Gasteiger partial charge on any atom is 0.226 e. The van der Waals surface area contributed by atoms with E-state index in [0.717, 1.165) is 31.4 Å². The molecular weight excluding hydrogens is 230 g/mol. The van der Waals surface area contributed by atoms with Crippen molar-refractivity contribution in [2.24, 2.45) is 0 Å². The second kappa shape index (κ2) is 5.52.